The molecule has 0 saturated heterocycles. The summed E-state index contributed by atoms with van der Waals surface area (Å²) in [5.74, 6) is 5.71. The molecule has 3 aromatic rings. The minimum Gasteiger partial charge on any atom is -0.271 e. The smallest absolute Gasteiger partial charge is 0.0594 e. The SMILES string of the molecule is NNC(Cc1cccnc1)c1cc2ccccc2s1. The van der Waals surface area contributed by atoms with E-state index in [4.69, 9.17) is 5.84 Å². The fourth-order valence-electron chi connectivity index (χ4n) is 2.17. The highest BCUT2D eigenvalue weighted by atomic mass is 32.1. The third-order valence-electron chi connectivity index (χ3n) is 3.15. The minimum atomic E-state index is 0.126. The molecule has 96 valence electrons. The Morgan fingerprint density at radius 1 is 1.21 bits per heavy atom. The van der Waals surface area contributed by atoms with Gasteiger partial charge in [-0.05, 0) is 35.6 Å². The minimum absolute atomic E-state index is 0.126. The molecule has 0 aliphatic rings. The second-order valence-corrected chi connectivity index (χ2v) is 5.59. The van der Waals surface area contributed by atoms with Crippen LogP contribution in [0.1, 0.15) is 16.5 Å². The highest BCUT2D eigenvalue weighted by Crippen LogP contribution is 2.30. The monoisotopic (exact) mass is 269 g/mol. The molecule has 0 bridgehead atoms. The fraction of sp³-hybridized carbons (Fsp3) is 0.133. The first-order valence-corrected chi connectivity index (χ1v) is 7.02. The van der Waals surface area contributed by atoms with E-state index in [1.807, 2.05) is 12.3 Å². The van der Waals surface area contributed by atoms with Crippen molar-refractivity contribution in [1.29, 1.82) is 0 Å². The van der Waals surface area contributed by atoms with Gasteiger partial charge >= 0.3 is 0 Å². The molecule has 19 heavy (non-hydrogen) atoms. The lowest BCUT2D eigenvalue weighted by Crippen LogP contribution is -2.28. The van der Waals surface area contributed by atoms with E-state index in [0.717, 1.165) is 6.42 Å². The molecule has 3 nitrogen and oxygen atoms in total. The zero-order valence-electron chi connectivity index (χ0n) is 10.4. The van der Waals surface area contributed by atoms with E-state index in [1.54, 1.807) is 17.5 Å². The quantitative estimate of drug-likeness (QED) is 0.565. The van der Waals surface area contributed by atoms with Crippen molar-refractivity contribution in [2.45, 2.75) is 12.5 Å². The van der Waals surface area contributed by atoms with E-state index in [0.29, 0.717) is 0 Å². The number of fused-ring (bicyclic) bond motifs is 1. The average molecular weight is 269 g/mol. The summed E-state index contributed by atoms with van der Waals surface area (Å²) >= 11 is 1.79. The molecule has 4 heteroatoms. The molecule has 3 rings (SSSR count). The first-order chi connectivity index (χ1) is 9.36. The number of hydrogen-bond acceptors (Lipinski definition) is 4. The zero-order chi connectivity index (χ0) is 13.1. The van der Waals surface area contributed by atoms with Crippen molar-refractivity contribution < 1.29 is 0 Å². The standard InChI is InChI=1S/C15H15N3S/c16-18-13(8-11-4-3-7-17-10-11)15-9-12-5-1-2-6-14(12)19-15/h1-7,9-10,13,18H,8,16H2. The van der Waals surface area contributed by atoms with Crippen LogP contribution < -0.4 is 11.3 Å². The number of benzene rings is 1. The van der Waals surface area contributed by atoms with Crippen LogP contribution in [0.4, 0.5) is 0 Å². The first kappa shape index (κ1) is 12.3. The van der Waals surface area contributed by atoms with Crippen molar-refractivity contribution in [2.75, 3.05) is 0 Å². The van der Waals surface area contributed by atoms with Crippen LogP contribution in [0.5, 0.6) is 0 Å². The van der Waals surface area contributed by atoms with E-state index in [2.05, 4.69) is 46.8 Å². The van der Waals surface area contributed by atoms with Crippen molar-refractivity contribution in [3.63, 3.8) is 0 Å². The Bertz CT molecular complexity index is 630. The summed E-state index contributed by atoms with van der Waals surface area (Å²) < 4.78 is 1.30. The van der Waals surface area contributed by atoms with Gasteiger partial charge in [-0.1, -0.05) is 24.3 Å². The Labute approximate surface area is 116 Å². The summed E-state index contributed by atoms with van der Waals surface area (Å²) in [6.07, 6.45) is 4.52. The lowest BCUT2D eigenvalue weighted by molar-refractivity contribution is 0.560. The molecular formula is C15H15N3S. The third kappa shape index (κ3) is 2.66. The molecule has 3 N–H and O–H groups in total. The van der Waals surface area contributed by atoms with Crippen LogP contribution in [-0.4, -0.2) is 4.98 Å². The number of hydrazine groups is 1. The lowest BCUT2D eigenvalue weighted by atomic mass is 10.1. The van der Waals surface area contributed by atoms with Gasteiger partial charge in [0.25, 0.3) is 0 Å². The van der Waals surface area contributed by atoms with E-state index < -0.39 is 0 Å². The molecule has 0 radical (unpaired) electrons. The van der Waals surface area contributed by atoms with Gasteiger partial charge in [0.05, 0.1) is 6.04 Å². The molecule has 1 aromatic carbocycles. The molecule has 2 heterocycles. The third-order valence-corrected chi connectivity index (χ3v) is 4.38. The van der Waals surface area contributed by atoms with Crippen LogP contribution in [0.3, 0.4) is 0 Å². The van der Waals surface area contributed by atoms with Crippen molar-refractivity contribution in [3.8, 4) is 0 Å². The highest BCUT2D eigenvalue weighted by molar-refractivity contribution is 7.19. The Kier molecular flexibility index (Phi) is 3.55. The average Bonchev–Trinajstić information content (AvgIpc) is 2.89. The number of aromatic nitrogens is 1. The molecule has 0 aliphatic carbocycles. The molecule has 0 aliphatic heterocycles. The summed E-state index contributed by atoms with van der Waals surface area (Å²) in [5.41, 5.74) is 4.09. The van der Waals surface area contributed by atoms with E-state index in [1.165, 1.54) is 20.5 Å². The number of hydrogen-bond donors (Lipinski definition) is 2. The number of pyridine rings is 1. The summed E-state index contributed by atoms with van der Waals surface area (Å²) in [7, 11) is 0. The summed E-state index contributed by atoms with van der Waals surface area (Å²) in [5, 5.41) is 1.27. The van der Waals surface area contributed by atoms with Gasteiger partial charge in [-0.25, -0.2) is 0 Å². The van der Waals surface area contributed by atoms with Crippen molar-refractivity contribution >= 4 is 21.4 Å². The number of rotatable bonds is 4. The van der Waals surface area contributed by atoms with Gasteiger partial charge < -0.3 is 0 Å². The van der Waals surface area contributed by atoms with Crippen LogP contribution in [0.25, 0.3) is 10.1 Å². The fourth-order valence-corrected chi connectivity index (χ4v) is 3.30. The molecule has 0 fully saturated rings. The molecule has 1 unspecified atom stereocenters. The van der Waals surface area contributed by atoms with Crippen LogP contribution in [0.15, 0.2) is 54.9 Å². The lowest BCUT2D eigenvalue weighted by Gasteiger charge is -2.13. The summed E-state index contributed by atoms with van der Waals surface area (Å²) in [6.45, 7) is 0. The summed E-state index contributed by atoms with van der Waals surface area (Å²) in [6, 6.07) is 14.8. The first-order valence-electron chi connectivity index (χ1n) is 6.20. The summed E-state index contributed by atoms with van der Waals surface area (Å²) in [4.78, 5) is 5.40. The van der Waals surface area contributed by atoms with Gasteiger partial charge in [-0.15, -0.1) is 11.3 Å². The maximum Gasteiger partial charge on any atom is 0.0594 e. The predicted octanol–water partition coefficient (Wildman–Crippen LogP) is 3.04. The van der Waals surface area contributed by atoms with Gasteiger partial charge in [0, 0.05) is 22.0 Å². The molecule has 0 saturated carbocycles. The van der Waals surface area contributed by atoms with Crippen molar-refractivity contribution in [2.24, 2.45) is 5.84 Å². The van der Waals surface area contributed by atoms with Crippen molar-refractivity contribution in [1.82, 2.24) is 10.4 Å². The van der Waals surface area contributed by atoms with Crippen LogP contribution in [-0.2, 0) is 6.42 Å². The van der Waals surface area contributed by atoms with Crippen LogP contribution in [0, 0.1) is 0 Å². The van der Waals surface area contributed by atoms with Gasteiger partial charge in [0.2, 0.25) is 0 Å². The number of thiophene rings is 1. The Morgan fingerprint density at radius 2 is 2.11 bits per heavy atom. The normalized spacial score (nSPS) is 12.7. The number of nitrogens with zero attached hydrogens (tertiary/aromatic N) is 1. The van der Waals surface area contributed by atoms with E-state index in [-0.39, 0.29) is 6.04 Å². The zero-order valence-corrected chi connectivity index (χ0v) is 11.2. The Morgan fingerprint density at radius 3 is 2.84 bits per heavy atom. The maximum absolute atomic E-state index is 5.71. The van der Waals surface area contributed by atoms with Crippen LogP contribution in [0.2, 0.25) is 0 Å². The molecule has 0 spiro atoms. The highest BCUT2D eigenvalue weighted by Gasteiger charge is 2.13. The van der Waals surface area contributed by atoms with E-state index in [9.17, 15) is 0 Å². The molecular weight excluding hydrogens is 254 g/mol. The number of nitrogens with two attached hydrogens (primary N) is 1. The van der Waals surface area contributed by atoms with Gasteiger partial charge in [-0.2, -0.15) is 0 Å². The Balaban J connectivity index is 1.89. The van der Waals surface area contributed by atoms with Gasteiger partial charge in [0.1, 0.15) is 0 Å². The predicted molar refractivity (Wildman–Crippen MR) is 79.8 cm³/mol. The maximum atomic E-state index is 5.71. The van der Waals surface area contributed by atoms with Crippen LogP contribution >= 0.6 is 11.3 Å². The largest absolute Gasteiger partial charge is 0.271 e. The molecule has 1 atom stereocenters. The second kappa shape index (κ2) is 5.48. The van der Waals surface area contributed by atoms with Crippen molar-refractivity contribution in [3.05, 3.63) is 65.3 Å². The Hall–Kier alpha value is -1.75. The topological polar surface area (TPSA) is 50.9 Å². The van der Waals surface area contributed by atoms with Gasteiger partial charge in [0.15, 0.2) is 0 Å². The number of nitrogens with one attached hydrogen (secondary N) is 1. The van der Waals surface area contributed by atoms with E-state index >= 15 is 0 Å². The molecule has 2 aromatic heterocycles. The molecule has 0 amide bonds. The van der Waals surface area contributed by atoms with Gasteiger partial charge in [-0.3, -0.25) is 16.3 Å². The second-order valence-electron chi connectivity index (χ2n) is 4.47.